The summed E-state index contributed by atoms with van der Waals surface area (Å²) in [5.41, 5.74) is 3.16. The third-order valence-electron chi connectivity index (χ3n) is 5.57. The van der Waals surface area contributed by atoms with E-state index in [9.17, 15) is 9.59 Å². The summed E-state index contributed by atoms with van der Waals surface area (Å²) in [5.74, 6) is 0.704. The SMILES string of the molecule is CCOC(=O)C1=C(C)N(CC)C(=S)NC1c1ccc(NC(=O)Nc2ccc(OC)cc2OC)cc1. The molecule has 1 heterocycles. The van der Waals surface area contributed by atoms with Crippen LogP contribution in [-0.4, -0.2) is 49.4 Å². The highest BCUT2D eigenvalue weighted by molar-refractivity contribution is 7.80. The molecule has 2 amide bonds. The maximum atomic E-state index is 12.8. The Morgan fingerprint density at radius 3 is 2.37 bits per heavy atom. The molecular weight excluding hydrogens is 468 g/mol. The number of benzene rings is 2. The maximum absolute atomic E-state index is 12.8. The second kappa shape index (κ2) is 11.6. The highest BCUT2D eigenvalue weighted by atomic mass is 32.1. The first-order chi connectivity index (χ1) is 16.8. The lowest BCUT2D eigenvalue weighted by molar-refractivity contribution is -0.139. The van der Waals surface area contributed by atoms with Gasteiger partial charge in [0.25, 0.3) is 0 Å². The van der Waals surface area contributed by atoms with Gasteiger partial charge in [-0.3, -0.25) is 0 Å². The van der Waals surface area contributed by atoms with E-state index in [1.54, 1.807) is 44.4 Å². The second-order valence-electron chi connectivity index (χ2n) is 7.61. The number of anilines is 2. The van der Waals surface area contributed by atoms with Gasteiger partial charge in [-0.1, -0.05) is 12.1 Å². The van der Waals surface area contributed by atoms with Gasteiger partial charge < -0.3 is 35.1 Å². The first-order valence-electron chi connectivity index (χ1n) is 11.2. The quantitative estimate of drug-likeness (QED) is 0.363. The van der Waals surface area contributed by atoms with E-state index in [1.165, 1.54) is 7.11 Å². The van der Waals surface area contributed by atoms with Gasteiger partial charge in [-0.2, -0.15) is 0 Å². The Bertz CT molecular complexity index is 1130. The lowest BCUT2D eigenvalue weighted by atomic mass is 9.95. The van der Waals surface area contributed by atoms with Gasteiger partial charge in [0.05, 0.1) is 38.1 Å². The number of methoxy groups -OCH3 is 2. The molecule has 1 unspecified atom stereocenters. The molecule has 3 rings (SSSR count). The van der Waals surface area contributed by atoms with Crippen LogP contribution in [0.5, 0.6) is 11.5 Å². The highest BCUT2D eigenvalue weighted by Gasteiger charge is 2.34. The summed E-state index contributed by atoms with van der Waals surface area (Å²) in [5, 5.41) is 9.34. The molecule has 0 aliphatic carbocycles. The van der Waals surface area contributed by atoms with Gasteiger partial charge in [-0.05, 0) is 62.8 Å². The van der Waals surface area contributed by atoms with Crippen LogP contribution in [0.15, 0.2) is 53.7 Å². The molecule has 0 radical (unpaired) electrons. The molecule has 0 fully saturated rings. The van der Waals surface area contributed by atoms with Crippen molar-refractivity contribution in [2.45, 2.75) is 26.8 Å². The summed E-state index contributed by atoms with van der Waals surface area (Å²) in [6.45, 7) is 6.51. The smallest absolute Gasteiger partial charge is 0.338 e. The lowest BCUT2D eigenvalue weighted by Gasteiger charge is -2.37. The van der Waals surface area contributed by atoms with Gasteiger partial charge in [-0.15, -0.1) is 0 Å². The van der Waals surface area contributed by atoms with Gasteiger partial charge in [0.15, 0.2) is 5.11 Å². The first-order valence-corrected chi connectivity index (χ1v) is 11.6. The second-order valence-corrected chi connectivity index (χ2v) is 8.00. The summed E-state index contributed by atoms with van der Waals surface area (Å²) in [6.07, 6.45) is 0. The summed E-state index contributed by atoms with van der Waals surface area (Å²) in [6, 6.07) is 11.4. The molecule has 1 atom stereocenters. The number of esters is 1. The van der Waals surface area contributed by atoms with Crippen LogP contribution in [0.2, 0.25) is 0 Å². The molecule has 0 saturated carbocycles. The van der Waals surface area contributed by atoms with E-state index < -0.39 is 18.0 Å². The molecule has 0 spiro atoms. The number of rotatable bonds is 8. The molecule has 10 heteroatoms. The van der Waals surface area contributed by atoms with Crippen LogP contribution in [0.25, 0.3) is 0 Å². The van der Waals surface area contributed by atoms with Crippen LogP contribution in [-0.2, 0) is 9.53 Å². The zero-order valence-corrected chi connectivity index (χ0v) is 21.2. The van der Waals surface area contributed by atoms with Crippen molar-refractivity contribution in [2.75, 3.05) is 38.0 Å². The van der Waals surface area contributed by atoms with Crippen molar-refractivity contribution >= 4 is 40.7 Å². The first kappa shape index (κ1) is 25.8. The van der Waals surface area contributed by atoms with E-state index in [1.807, 2.05) is 30.9 Å². The number of allylic oxidation sites excluding steroid dienone is 1. The minimum Gasteiger partial charge on any atom is -0.497 e. The number of thiocarbonyl (C=S) groups is 1. The molecule has 0 saturated heterocycles. The monoisotopic (exact) mass is 498 g/mol. The lowest BCUT2D eigenvalue weighted by Crippen LogP contribution is -2.47. The Kier molecular flexibility index (Phi) is 8.53. The molecule has 9 nitrogen and oxygen atoms in total. The van der Waals surface area contributed by atoms with E-state index in [4.69, 9.17) is 26.4 Å². The Hall–Kier alpha value is -3.79. The summed E-state index contributed by atoms with van der Waals surface area (Å²) < 4.78 is 15.8. The number of hydrogen-bond acceptors (Lipinski definition) is 6. The Morgan fingerprint density at radius 2 is 1.77 bits per heavy atom. The van der Waals surface area contributed by atoms with E-state index in [2.05, 4.69) is 16.0 Å². The molecule has 0 aromatic heterocycles. The van der Waals surface area contributed by atoms with Crippen molar-refractivity contribution in [1.82, 2.24) is 10.2 Å². The molecule has 3 N–H and O–H groups in total. The van der Waals surface area contributed by atoms with Crippen molar-refractivity contribution in [1.29, 1.82) is 0 Å². The number of carbonyl (C=O) groups excluding carboxylic acids is 2. The molecular formula is C25H30N4O5S. The summed E-state index contributed by atoms with van der Waals surface area (Å²) >= 11 is 5.51. The van der Waals surface area contributed by atoms with Crippen LogP contribution >= 0.6 is 12.2 Å². The molecule has 1 aliphatic heterocycles. The van der Waals surface area contributed by atoms with Crippen LogP contribution in [0.3, 0.4) is 0 Å². The Morgan fingerprint density at radius 1 is 1.06 bits per heavy atom. The predicted octanol–water partition coefficient (Wildman–Crippen LogP) is 4.44. The third kappa shape index (κ3) is 5.83. The van der Waals surface area contributed by atoms with Crippen LogP contribution in [0.1, 0.15) is 32.4 Å². The number of nitrogens with one attached hydrogen (secondary N) is 3. The van der Waals surface area contributed by atoms with Crippen LogP contribution in [0.4, 0.5) is 16.2 Å². The summed E-state index contributed by atoms with van der Waals surface area (Å²) in [7, 11) is 3.07. The van der Waals surface area contributed by atoms with E-state index in [0.717, 1.165) is 11.3 Å². The largest absolute Gasteiger partial charge is 0.497 e. The normalized spacial score (nSPS) is 15.3. The number of urea groups is 1. The molecule has 35 heavy (non-hydrogen) atoms. The summed E-state index contributed by atoms with van der Waals surface area (Å²) in [4.78, 5) is 27.2. The van der Waals surface area contributed by atoms with E-state index in [-0.39, 0.29) is 6.61 Å². The topological polar surface area (TPSA) is 101 Å². The van der Waals surface area contributed by atoms with Crippen LogP contribution < -0.4 is 25.4 Å². The number of nitrogens with zero attached hydrogens (tertiary/aromatic N) is 1. The Balaban J connectivity index is 1.78. The number of ether oxygens (including phenoxy) is 3. The number of hydrogen-bond donors (Lipinski definition) is 3. The molecule has 0 bridgehead atoms. The molecule has 186 valence electrons. The van der Waals surface area contributed by atoms with Crippen LogP contribution in [0, 0.1) is 0 Å². The van der Waals surface area contributed by atoms with Crippen molar-refractivity contribution in [3.05, 3.63) is 59.3 Å². The fourth-order valence-corrected chi connectivity index (χ4v) is 4.21. The van der Waals surface area contributed by atoms with Crippen molar-refractivity contribution < 1.29 is 23.8 Å². The zero-order valence-electron chi connectivity index (χ0n) is 20.4. The zero-order chi connectivity index (χ0) is 25.5. The van der Waals surface area contributed by atoms with Crippen molar-refractivity contribution in [3.8, 4) is 11.5 Å². The van der Waals surface area contributed by atoms with Gasteiger partial charge in [0.2, 0.25) is 0 Å². The average molecular weight is 499 g/mol. The average Bonchev–Trinajstić information content (AvgIpc) is 2.84. The number of amides is 2. The van der Waals surface area contributed by atoms with Gasteiger partial charge in [0, 0.05) is 24.0 Å². The predicted molar refractivity (Wildman–Crippen MR) is 139 cm³/mol. The minimum absolute atomic E-state index is 0.274. The number of carbonyl (C=O) groups is 2. The van der Waals surface area contributed by atoms with E-state index >= 15 is 0 Å². The van der Waals surface area contributed by atoms with Crippen molar-refractivity contribution in [3.63, 3.8) is 0 Å². The van der Waals surface area contributed by atoms with Gasteiger partial charge >= 0.3 is 12.0 Å². The van der Waals surface area contributed by atoms with Crippen molar-refractivity contribution in [2.24, 2.45) is 0 Å². The Labute approximate surface area is 210 Å². The van der Waals surface area contributed by atoms with Gasteiger partial charge in [-0.25, -0.2) is 9.59 Å². The minimum atomic E-state index is -0.462. The molecule has 2 aromatic carbocycles. The highest BCUT2D eigenvalue weighted by Crippen LogP contribution is 2.32. The standard InChI is InChI=1S/C25H30N4O5S/c1-6-29-15(3)21(23(30)34-7-2)22(28-25(29)35)16-8-10-17(11-9-16)26-24(31)27-19-13-12-18(32-4)14-20(19)33-5/h8-14,22H,6-7H2,1-5H3,(H,28,35)(H2,26,27,31). The van der Waals surface area contributed by atoms with Gasteiger partial charge in [0.1, 0.15) is 11.5 Å². The fourth-order valence-electron chi connectivity index (χ4n) is 3.83. The van der Waals surface area contributed by atoms with E-state index in [0.29, 0.717) is 40.1 Å². The maximum Gasteiger partial charge on any atom is 0.338 e. The molecule has 2 aromatic rings. The third-order valence-corrected chi connectivity index (χ3v) is 5.90. The fraction of sp³-hybridized carbons (Fsp3) is 0.320. The molecule has 1 aliphatic rings.